The van der Waals surface area contributed by atoms with Crippen LogP contribution in [0.2, 0.25) is 0 Å². The molecule has 4 heteroatoms. The van der Waals surface area contributed by atoms with Gasteiger partial charge in [0.2, 0.25) is 0 Å². The number of hydrogen-bond acceptors (Lipinski definition) is 3. The summed E-state index contributed by atoms with van der Waals surface area (Å²) in [6.07, 6.45) is 4.73. The SMILES string of the molecule is N#Cc1cccc(C(=O)N2CCC(C3CCCN3)CC2)c1. The zero-order chi connectivity index (χ0) is 14.7. The molecular formula is C17H21N3O. The third kappa shape index (κ3) is 3.08. The van der Waals surface area contributed by atoms with Gasteiger partial charge in [-0.1, -0.05) is 6.07 Å². The number of nitrogens with zero attached hydrogens (tertiary/aromatic N) is 2. The first-order valence-electron chi connectivity index (χ1n) is 7.81. The molecule has 4 nitrogen and oxygen atoms in total. The van der Waals surface area contributed by atoms with Gasteiger partial charge in [-0.2, -0.15) is 5.26 Å². The maximum absolute atomic E-state index is 12.5. The van der Waals surface area contributed by atoms with E-state index in [1.165, 1.54) is 12.8 Å². The molecule has 0 bridgehead atoms. The number of likely N-dealkylation sites (tertiary alicyclic amines) is 1. The van der Waals surface area contributed by atoms with Crippen LogP contribution < -0.4 is 5.32 Å². The van der Waals surface area contributed by atoms with Crippen molar-refractivity contribution in [2.24, 2.45) is 5.92 Å². The third-order valence-corrected chi connectivity index (χ3v) is 4.73. The van der Waals surface area contributed by atoms with Crippen LogP contribution in [0.4, 0.5) is 0 Å². The van der Waals surface area contributed by atoms with Crippen LogP contribution in [0.3, 0.4) is 0 Å². The number of amides is 1. The van der Waals surface area contributed by atoms with E-state index in [2.05, 4.69) is 11.4 Å². The Bertz CT molecular complexity index is 549. The van der Waals surface area contributed by atoms with Crippen molar-refractivity contribution in [1.29, 1.82) is 5.26 Å². The smallest absolute Gasteiger partial charge is 0.253 e. The first-order chi connectivity index (χ1) is 10.3. The van der Waals surface area contributed by atoms with Crippen molar-refractivity contribution in [2.75, 3.05) is 19.6 Å². The minimum Gasteiger partial charge on any atom is -0.339 e. The molecule has 0 aromatic heterocycles. The maximum atomic E-state index is 12.5. The van der Waals surface area contributed by atoms with E-state index >= 15 is 0 Å². The second-order valence-electron chi connectivity index (χ2n) is 6.03. The first kappa shape index (κ1) is 14.1. The van der Waals surface area contributed by atoms with E-state index in [0.29, 0.717) is 23.1 Å². The summed E-state index contributed by atoms with van der Waals surface area (Å²) in [4.78, 5) is 14.4. The average Bonchev–Trinajstić information content (AvgIpc) is 3.09. The molecule has 1 unspecified atom stereocenters. The largest absolute Gasteiger partial charge is 0.339 e. The molecule has 0 radical (unpaired) electrons. The van der Waals surface area contributed by atoms with Crippen LogP contribution in [-0.2, 0) is 0 Å². The van der Waals surface area contributed by atoms with Crippen molar-refractivity contribution in [1.82, 2.24) is 10.2 Å². The van der Waals surface area contributed by atoms with Crippen molar-refractivity contribution < 1.29 is 4.79 Å². The number of benzene rings is 1. The molecule has 1 N–H and O–H groups in total. The first-order valence-corrected chi connectivity index (χ1v) is 7.81. The molecule has 21 heavy (non-hydrogen) atoms. The van der Waals surface area contributed by atoms with E-state index in [9.17, 15) is 4.79 Å². The molecule has 2 fully saturated rings. The minimum absolute atomic E-state index is 0.0601. The zero-order valence-electron chi connectivity index (χ0n) is 12.2. The Morgan fingerprint density at radius 2 is 2.10 bits per heavy atom. The molecule has 1 atom stereocenters. The van der Waals surface area contributed by atoms with Gasteiger partial charge >= 0.3 is 0 Å². The molecule has 0 saturated carbocycles. The van der Waals surface area contributed by atoms with Crippen LogP contribution in [0.25, 0.3) is 0 Å². The number of nitriles is 1. The van der Waals surface area contributed by atoms with Crippen molar-refractivity contribution >= 4 is 5.91 Å². The van der Waals surface area contributed by atoms with Crippen LogP contribution in [0.1, 0.15) is 41.6 Å². The summed E-state index contributed by atoms with van der Waals surface area (Å²) in [6, 6.07) is 9.74. The highest BCUT2D eigenvalue weighted by atomic mass is 16.2. The number of rotatable bonds is 2. The van der Waals surface area contributed by atoms with Gasteiger partial charge in [-0.15, -0.1) is 0 Å². The predicted molar refractivity (Wildman–Crippen MR) is 80.8 cm³/mol. The van der Waals surface area contributed by atoms with E-state index in [1.54, 1.807) is 24.3 Å². The molecule has 2 aliphatic rings. The average molecular weight is 283 g/mol. The summed E-state index contributed by atoms with van der Waals surface area (Å²) in [7, 11) is 0. The number of piperidine rings is 1. The van der Waals surface area contributed by atoms with Gasteiger partial charge in [-0.05, 0) is 56.3 Å². The Balaban J connectivity index is 1.60. The van der Waals surface area contributed by atoms with Crippen LogP contribution in [0, 0.1) is 17.2 Å². The highest BCUT2D eigenvalue weighted by Gasteiger charge is 2.30. The van der Waals surface area contributed by atoms with Crippen molar-refractivity contribution in [3.63, 3.8) is 0 Å². The highest BCUT2D eigenvalue weighted by Crippen LogP contribution is 2.26. The van der Waals surface area contributed by atoms with E-state index in [-0.39, 0.29) is 5.91 Å². The summed E-state index contributed by atoms with van der Waals surface area (Å²) in [5.41, 5.74) is 1.18. The lowest BCUT2D eigenvalue weighted by atomic mass is 9.88. The molecule has 110 valence electrons. The number of nitrogens with one attached hydrogen (secondary N) is 1. The monoisotopic (exact) mass is 283 g/mol. The molecule has 1 amide bonds. The lowest BCUT2D eigenvalue weighted by Gasteiger charge is -2.35. The molecule has 1 aromatic carbocycles. The van der Waals surface area contributed by atoms with Gasteiger partial charge in [0.25, 0.3) is 5.91 Å². The predicted octanol–water partition coefficient (Wildman–Crippen LogP) is 2.16. The second kappa shape index (κ2) is 6.28. The lowest BCUT2D eigenvalue weighted by Crippen LogP contribution is -2.43. The fourth-order valence-electron chi connectivity index (χ4n) is 3.52. The Morgan fingerprint density at radius 1 is 1.29 bits per heavy atom. The van der Waals surface area contributed by atoms with Gasteiger partial charge in [-0.25, -0.2) is 0 Å². The van der Waals surface area contributed by atoms with Crippen molar-refractivity contribution in [3.8, 4) is 6.07 Å². The standard InChI is InChI=1S/C17H21N3O/c18-12-13-3-1-4-15(11-13)17(21)20-9-6-14(7-10-20)16-5-2-8-19-16/h1,3-4,11,14,16,19H,2,5-10H2. The fraction of sp³-hybridized carbons (Fsp3) is 0.529. The molecule has 2 aliphatic heterocycles. The highest BCUT2D eigenvalue weighted by molar-refractivity contribution is 5.94. The molecule has 3 rings (SSSR count). The van der Waals surface area contributed by atoms with Crippen LogP contribution >= 0.6 is 0 Å². The van der Waals surface area contributed by atoms with Crippen LogP contribution in [0.15, 0.2) is 24.3 Å². The third-order valence-electron chi connectivity index (χ3n) is 4.73. The summed E-state index contributed by atoms with van der Waals surface area (Å²) in [5, 5.41) is 12.5. The fourth-order valence-corrected chi connectivity index (χ4v) is 3.52. The quantitative estimate of drug-likeness (QED) is 0.905. The Hall–Kier alpha value is -1.86. The number of carbonyl (C=O) groups is 1. The molecule has 2 saturated heterocycles. The second-order valence-corrected chi connectivity index (χ2v) is 6.03. The number of hydrogen-bond donors (Lipinski definition) is 1. The zero-order valence-corrected chi connectivity index (χ0v) is 12.2. The van der Waals surface area contributed by atoms with Crippen molar-refractivity contribution in [3.05, 3.63) is 35.4 Å². The Kier molecular flexibility index (Phi) is 4.21. The van der Waals surface area contributed by atoms with Gasteiger partial charge in [0.15, 0.2) is 0 Å². The van der Waals surface area contributed by atoms with Gasteiger partial charge in [0, 0.05) is 24.7 Å². The minimum atomic E-state index is 0.0601. The van der Waals surface area contributed by atoms with Gasteiger partial charge < -0.3 is 10.2 Å². The topological polar surface area (TPSA) is 56.1 Å². The summed E-state index contributed by atoms with van der Waals surface area (Å²) in [5.74, 6) is 0.770. The van der Waals surface area contributed by atoms with Gasteiger partial charge in [-0.3, -0.25) is 4.79 Å². The normalized spacial score (nSPS) is 23.0. The number of carbonyl (C=O) groups excluding carboxylic acids is 1. The van der Waals surface area contributed by atoms with E-state index in [1.807, 2.05) is 4.90 Å². The Morgan fingerprint density at radius 3 is 2.76 bits per heavy atom. The molecule has 0 aliphatic carbocycles. The molecule has 2 heterocycles. The maximum Gasteiger partial charge on any atom is 0.253 e. The molecule has 0 spiro atoms. The van der Waals surface area contributed by atoms with Crippen LogP contribution in [0.5, 0.6) is 0 Å². The van der Waals surface area contributed by atoms with Gasteiger partial charge in [0.05, 0.1) is 11.6 Å². The van der Waals surface area contributed by atoms with Crippen LogP contribution in [-0.4, -0.2) is 36.5 Å². The summed E-state index contributed by atoms with van der Waals surface area (Å²) in [6.45, 7) is 2.81. The van der Waals surface area contributed by atoms with Crippen molar-refractivity contribution in [2.45, 2.75) is 31.7 Å². The van der Waals surface area contributed by atoms with E-state index < -0.39 is 0 Å². The summed E-state index contributed by atoms with van der Waals surface area (Å²) >= 11 is 0. The summed E-state index contributed by atoms with van der Waals surface area (Å²) < 4.78 is 0. The van der Waals surface area contributed by atoms with E-state index in [0.717, 1.165) is 32.5 Å². The molecule has 1 aromatic rings. The lowest BCUT2D eigenvalue weighted by molar-refractivity contribution is 0.0674. The molecular weight excluding hydrogens is 262 g/mol. The Labute approximate surface area is 125 Å². The van der Waals surface area contributed by atoms with Gasteiger partial charge in [0.1, 0.15) is 0 Å². The van der Waals surface area contributed by atoms with E-state index in [4.69, 9.17) is 5.26 Å².